The van der Waals surface area contributed by atoms with Crippen molar-refractivity contribution in [2.75, 3.05) is 32.8 Å². The number of nitrogens with one attached hydrogen (secondary N) is 1. The zero-order valence-electron chi connectivity index (χ0n) is 13.4. The van der Waals surface area contributed by atoms with Gasteiger partial charge in [0, 0.05) is 44.1 Å². The van der Waals surface area contributed by atoms with Crippen LogP contribution in [0.1, 0.15) is 17.3 Å². The van der Waals surface area contributed by atoms with Crippen LogP contribution >= 0.6 is 0 Å². The number of ether oxygens (including phenoxy) is 1. The van der Waals surface area contributed by atoms with Gasteiger partial charge in [0.2, 0.25) is 0 Å². The van der Waals surface area contributed by atoms with E-state index in [0.717, 1.165) is 11.3 Å². The second-order valence-corrected chi connectivity index (χ2v) is 5.40. The van der Waals surface area contributed by atoms with E-state index in [1.54, 1.807) is 47.4 Å². The zero-order chi connectivity index (χ0) is 16.9. The molecular weight excluding hydrogens is 310 g/mol. The highest BCUT2D eigenvalue weighted by atomic mass is 16.6. The first kappa shape index (κ1) is 16.0. The van der Waals surface area contributed by atoms with E-state index in [1.165, 1.54) is 0 Å². The van der Waals surface area contributed by atoms with Crippen LogP contribution in [0.2, 0.25) is 0 Å². The first-order valence-corrected chi connectivity index (χ1v) is 7.85. The van der Waals surface area contributed by atoms with Crippen molar-refractivity contribution < 1.29 is 14.3 Å². The molecular formula is C16H19N5O3. The van der Waals surface area contributed by atoms with Gasteiger partial charge in [-0.25, -0.2) is 4.79 Å². The third kappa shape index (κ3) is 3.37. The Morgan fingerprint density at radius 3 is 2.50 bits per heavy atom. The fourth-order valence-corrected chi connectivity index (χ4v) is 2.57. The molecule has 0 aromatic carbocycles. The molecule has 0 saturated carbocycles. The number of hydrogen-bond acceptors (Lipinski definition) is 5. The molecule has 2 aromatic rings. The van der Waals surface area contributed by atoms with E-state index in [4.69, 9.17) is 4.74 Å². The van der Waals surface area contributed by atoms with E-state index in [2.05, 4.69) is 15.2 Å². The molecule has 0 spiro atoms. The number of pyridine rings is 1. The number of amides is 2. The van der Waals surface area contributed by atoms with Crippen molar-refractivity contribution in [1.82, 2.24) is 25.0 Å². The quantitative estimate of drug-likeness (QED) is 0.919. The topological polar surface area (TPSA) is 91.4 Å². The number of rotatable bonds is 3. The highest BCUT2D eigenvalue weighted by Crippen LogP contribution is 2.16. The highest BCUT2D eigenvalue weighted by Gasteiger charge is 2.25. The summed E-state index contributed by atoms with van der Waals surface area (Å²) in [4.78, 5) is 31.9. The van der Waals surface area contributed by atoms with Gasteiger partial charge in [0.1, 0.15) is 0 Å². The Morgan fingerprint density at radius 2 is 1.92 bits per heavy atom. The molecule has 3 rings (SSSR count). The molecule has 2 amide bonds. The third-order valence-electron chi connectivity index (χ3n) is 3.90. The zero-order valence-corrected chi connectivity index (χ0v) is 13.4. The van der Waals surface area contributed by atoms with Crippen LogP contribution in [0.25, 0.3) is 11.3 Å². The van der Waals surface area contributed by atoms with Crippen LogP contribution in [0.3, 0.4) is 0 Å². The van der Waals surface area contributed by atoms with Crippen LogP contribution in [-0.4, -0.2) is 69.8 Å². The average molecular weight is 329 g/mol. The molecule has 8 nitrogen and oxygen atoms in total. The molecule has 0 radical (unpaired) electrons. The molecule has 3 heterocycles. The number of aromatic nitrogens is 3. The summed E-state index contributed by atoms with van der Waals surface area (Å²) in [6.07, 6.45) is 4.68. The molecule has 126 valence electrons. The maximum atomic E-state index is 12.5. The van der Waals surface area contributed by atoms with Gasteiger partial charge >= 0.3 is 6.09 Å². The molecule has 0 bridgehead atoms. The Kier molecular flexibility index (Phi) is 4.74. The number of aromatic amines is 1. The Bertz CT molecular complexity index is 691. The summed E-state index contributed by atoms with van der Waals surface area (Å²) in [6, 6.07) is 3.56. The van der Waals surface area contributed by atoms with Gasteiger partial charge < -0.3 is 14.5 Å². The molecule has 1 aliphatic rings. The van der Waals surface area contributed by atoms with Gasteiger partial charge in [0.15, 0.2) is 0 Å². The first-order valence-electron chi connectivity index (χ1n) is 7.85. The Balaban J connectivity index is 1.60. The van der Waals surface area contributed by atoms with Gasteiger partial charge in [0.05, 0.1) is 24.1 Å². The van der Waals surface area contributed by atoms with Gasteiger partial charge in [-0.2, -0.15) is 5.10 Å². The Hall–Kier alpha value is -2.90. The number of H-pyrrole nitrogens is 1. The second kappa shape index (κ2) is 7.12. The van der Waals surface area contributed by atoms with Crippen molar-refractivity contribution in [3.8, 4) is 11.3 Å². The first-order chi connectivity index (χ1) is 11.7. The Morgan fingerprint density at radius 1 is 1.17 bits per heavy atom. The van der Waals surface area contributed by atoms with Gasteiger partial charge in [-0.1, -0.05) is 0 Å². The average Bonchev–Trinajstić information content (AvgIpc) is 3.16. The summed E-state index contributed by atoms with van der Waals surface area (Å²) in [5.41, 5.74) is 2.16. The second-order valence-electron chi connectivity index (χ2n) is 5.40. The molecule has 1 aliphatic heterocycles. The maximum Gasteiger partial charge on any atom is 0.409 e. The van der Waals surface area contributed by atoms with E-state index in [-0.39, 0.29) is 12.0 Å². The van der Waals surface area contributed by atoms with Crippen molar-refractivity contribution in [2.45, 2.75) is 6.92 Å². The number of hydrogen-bond donors (Lipinski definition) is 1. The molecule has 1 fully saturated rings. The van der Waals surface area contributed by atoms with Crippen LogP contribution < -0.4 is 0 Å². The molecule has 8 heteroatoms. The number of carbonyl (C=O) groups is 2. The summed E-state index contributed by atoms with van der Waals surface area (Å²) in [5, 5.41) is 6.61. The number of piperazine rings is 1. The summed E-state index contributed by atoms with van der Waals surface area (Å²) in [6.45, 7) is 4.06. The monoisotopic (exact) mass is 329 g/mol. The normalized spacial score (nSPS) is 14.5. The van der Waals surface area contributed by atoms with Crippen molar-refractivity contribution in [2.24, 2.45) is 0 Å². The largest absolute Gasteiger partial charge is 0.450 e. The van der Waals surface area contributed by atoms with E-state index in [1.807, 2.05) is 0 Å². The van der Waals surface area contributed by atoms with Gasteiger partial charge in [0.25, 0.3) is 5.91 Å². The van der Waals surface area contributed by atoms with Gasteiger partial charge in [-0.3, -0.25) is 14.9 Å². The van der Waals surface area contributed by atoms with Crippen molar-refractivity contribution >= 4 is 12.0 Å². The van der Waals surface area contributed by atoms with Crippen LogP contribution in [0.5, 0.6) is 0 Å². The predicted molar refractivity (Wildman–Crippen MR) is 86.3 cm³/mol. The smallest absolute Gasteiger partial charge is 0.409 e. The molecule has 1 saturated heterocycles. The summed E-state index contributed by atoms with van der Waals surface area (Å²) < 4.78 is 4.98. The van der Waals surface area contributed by atoms with E-state index in [0.29, 0.717) is 38.3 Å². The number of carbonyl (C=O) groups excluding carboxylic acids is 2. The van der Waals surface area contributed by atoms with Gasteiger partial charge in [-0.05, 0) is 19.1 Å². The van der Waals surface area contributed by atoms with Crippen LogP contribution in [0, 0.1) is 0 Å². The van der Waals surface area contributed by atoms with E-state index >= 15 is 0 Å². The van der Waals surface area contributed by atoms with Crippen LogP contribution in [0.15, 0.2) is 30.7 Å². The molecule has 2 aromatic heterocycles. The molecule has 0 atom stereocenters. The minimum Gasteiger partial charge on any atom is -0.450 e. The van der Waals surface area contributed by atoms with Gasteiger partial charge in [-0.15, -0.1) is 0 Å². The maximum absolute atomic E-state index is 12.5. The standard InChI is InChI=1S/C16H19N5O3/c1-2-24-16(23)21-7-5-20(6-8-21)15(22)12-3-4-14(17-9-12)13-10-18-19-11-13/h3-4,9-11H,2,5-8H2,1H3,(H,18,19). The van der Waals surface area contributed by atoms with Crippen LogP contribution in [-0.2, 0) is 4.74 Å². The lowest BCUT2D eigenvalue weighted by Gasteiger charge is -2.34. The molecule has 24 heavy (non-hydrogen) atoms. The summed E-state index contributed by atoms with van der Waals surface area (Å²) >= 11 is 0. The van der Waals surface area contributed by atoms with E-state index < -0.39 is 0 Å². The minimum absolute atomic E-state index is 0.0789. The minimum atomic E-state index is -0.323. The van der Waals surface area contributed by atoms with Crippen LogP contribution in [0.4, 0.5) is 4.79 Å². The Labute approximate surface area is 139 Å². The third-order valence-corrected chi connectivity index (χ3v) is 3.90. The van der Waals surface area contributed by atoms with E-state index in [9.17, 15) is 9.59 Å². The molecule has 0 unspecified atom stereocenters. The van der Waals surface area contributed by atoms with Crippen molar-refractivity contribution in [3.63, 3.8) is 0 Å². The summed E-state index contributed by atoms with van der Waals surface area (Å²) in [7, 11) is 0. The highest BCUT2D eigenvalue weighted by molar-refractivity contribution is 5.94. The lowest BCUT2D eigenvalue weighted by Crippen LogP contribution is -2.50. The van der Waals surface area contributed by atoms with Crippen molar-refractivity contribution in [1.29, 1.82) is 0 Å². The fraction of sp³-hybridized carbons (Fsp3) is 0.375. The lowest BCUT2D eigenvalue weighted by atomic mass is 10.1. The SMILES string of the molecule is CCOC(=O)N1CCN(C(=O)c2ccc(-c3cn[nH]c3)nc2)CC1. The molecule has 1 N–H and O–H groups in total. The summed E-state index contributed by atoms with van der Waals surface area (Å²) in [5.74, 6) is -0.0789. The van der Waals surface area contributed by atoms with Crippen molar-refractivity contribution in [3.05, 3.63) is 36.3 Å². The fourth-order valence-electron chi connectivity index (χ4n) is 2.57. The lowest BCUT2D eigenvalue weighted by molar-refractivity contribution is 0.0570. The predicted octanol–water partition coefficient (Wildman–Crippen LogP) is 1.39. The molecule has 0 aliphatic carbocycles. The number of nitrogens with zero attached hydrogens (tertiary/aromatic N) is 4.